The van der Waals surface area contributed by atoms with Crippen LogP contribution in [0.5, 0.6) is 0 Å². The standard InChI is InChI=1S/C25H27.C13H10.2ClH.Zr/c1-6-18-12-13-21-20(14-18)15-22-23(21)16(3)17(4)25(5,7-2)24(22)19-10-8-9-11-19;1-3-7-12(8-4-1)11-13-9-5-2-6-10-13;;;/h8-10,12-14H,6-7,11H2,1-5H3;1-10H;2*1H;/q;;;;+2/p-2. The first kappa shape index (κ1) is 31.6. The normalized spacial score (nSPS) is 18.8. The Morgan fingerprint density at radius 2 is 1.44 bits per heavy atom. The zero-order valence-corrected chi connectivity index (χ0v) is 28.6. The second-order valence-electron chi connectivity index (χ2n) is 11.2. The summed E-state index contributed by atoms with van der Waals surface area (Å²) in [7, 11) is 0. The fourth-order valence-electron chi connectivity index (χ4n) is 6.70. The summed E-state index contributed by atoms with van der Waals surface area (Å²) in [5, 5.41) is 2.96. The summed E-state index contributed by atoms with van der Waals surface area (Å²) in [5.74, 6) is 0. The molecule has 0 saturated heterocycles. The molecule has 41 heavy (non-hydrogen) atoms. The molecule has 1 unspecified atom stereocenters. The van der Waals surface area contributed by atoms with Crippen LogP contribution in [0.1, 0.15) is 64.2 Å². The second-order valence-corrected chi connectivity index (χ2v) is 14.3. The molecule has 3 aromatic carbocycles. The van der Waals surface area contributed by atoms with E-state index in [4.69, 9.17) is 0 Å². The van der Waals surface area contributed by atoms with Gasteiger partial charge in [0.15, 0.2) is 0 Å². The van der Waals surface area contributed by atoms with Crippen LogP contribution in [0, 0.1) is 5.41 Å². The van der Waals surface area contributed by atoms with Crippen LogP contribution < -0.4 is 35.3 Å². The molecular formula is C38H37Cl2Zr. The van der Waals surface area contributed by atoms with Crippen molar-refractivity contribution in [3.63, 3.8) is 0 Å². The predicted molar refractivity (Wildman–Crippen MR) is 164 cm³/mol. The summed E-state index contributed by atoms with van der Waals surface area (Å²) in [4.78, 5) is 0. The zero-order valence-electron chi connectivity index (χ0n) is 24.6. The van der Waals surface area contributed by atoms with Gasteiger partial charge in [-0.05, 0) is 0 Å². The Morgan fingerprint density at radius 1 is 0.805 bits per heavy atom. The number of fused-ring (bicyclic) bond motifs is 2. The second kappa shape index (κ2) is 12.9. The summed E-state index contributed by atoms with van der Waals surface area (Å²) in [6, 6.07) is 29.7. The molecule has 0 fully saturated rings. The van der Waals surface area contributed by atoms with E-state index in [1.54, 1.807) is 23.2 Å². The average Bonchev–Trinajstić information content (AvgIpc) is 3.62. The molecule has 0 spiro atoms. The van der Waals surface area contributed by atoms with Gasteiger partial charge in [0.05, 0.1) is 0 Å². The summed E-state index contributed by atoms with van der Waals surface area (Å²) in [5.41, 5.74) is 13.5. The molecule has 0 aromatic heterocycles. The van der Waals surface area contributed by atoms with Crippen molar-refractivity contribution in [2.45, 2.75) is 53.9 Å². The molecule has 0 aliphatic heterocycles. The van der Waals surface area contributed by atoms with Crippen molar-refractivity contribution in [3.05, 3.63) is 152 Å². The maximum absolute atomic E-state index is 2.53. The van der Waals surface area contributed by atoms with Gasteiger partial charge in [0.1, 0.15) is 0 Å². The summed E-state index contributed by atoms with van der Waals surface area (Å²) in [6.07, 6.45) is 10.2. The predicted octanol–water partition coefficient (Wildman–Crippen LogP) is 1.83. The minimum absolute atomic E-state index is 0. The van der Waals surface area contributed by atoms with Crippen LogP contribution in [0.25, 0.3) is 8.85 Å². The molecule has 0 heterocycles. The number of aryl methyl sites for hydroxylation is 1. The van der Waals surface area contributed by atoms with Crippen molar-refractivity contribution >= 4 is 12.1 Å². The maximum atomic E-state index is 2.53. The van der Waals surface area contributed by atoms with Crippen LogP contribution in [0.4, 0.5) is 0 Å². The molecule has 0 amide bonds. The third-order valence-electron chi connectivity index (χ3n) is 9.27. The fourth-order valence-corrected chi connectivity index (χ4v) is 10.6. The Kier molecular flexibility index (Phi) is 9.96. The molecule has 3 aliphatic carbocycles. The Hall–Kier alpha value is -2.31. The molecule has 0 N–H and O–H groups in total. The first-order chi connectivity index (χ1) is 19.0. The van der Waals surface area contributed by atoms with E-state index < -0.39 is 22.8 Å². The van der Waals surface area contributed by atoms with E-state index in [9.17, 15) is 0 Å². The van der Waals surface area contributed by atoms with Crippen LogP contribution in [-0.2, 0) is 29.2 Å². The fraction of sp³-hybridized carbons (Fsp3) is 0.237. The van der Waals surface area contributed by atoms with E-state index in [2.05, 4.69) is 132 Å². The molecule has 3 aromatic rings. The Balaban J connectivity index is 0.00000194. The van der Waals surface area contributed by atoms with Crippen LogP contribution in [0.15, 0.2) is 125 Å². The van der Waals surface area contributed by atoms with Crippen LogP contribution in [-0.4, -0.2) is 3.21 Å². The molecule has 207 valence electrons. The third-order valence-corrected chi connectivity index (χ3v) is 13.2. The van der Waals surface area contributed by atoms with Gasteiger partial charge in [-0.25, -0.2) is 0 Å². The van der Waals surface area contributed by atoms with Gasteiger partial charge in [-0.1, -0.05) is 0 Å². The summed E-state index contributed by atoms with van der Waals surface area (Å²) < 4.78 is 3.23. The summed E-state index contributed by atoms with van der Waals surface area (Å²) >= 11 is -1.26. The number of hydrogen-bond donors (Lipinski definition) is 0. The van der Waals surface area contributed by atoms with E-state index in [0.29, 0.717) is 0 Å². The van der Waals surface area contributed by atoms with Crippen LogP contribution in [0.3, 0.4) is 0 Å². The van der Waals surface area contributed by atoms with E-state index in [0.717, 1.165) is 19.3 Å². The molecule has 0 nitrogen and oxygen atoms in total. The first-order valence-corrected chi connectivity index (χ1v) is 16.9. The van der Waals surface area contributed by atoms with Crippen molar-refractivity contribution in [1.29, 1.82) is 0 Å². The first-order valence-electron chi connectivity index (χ1n) is 14.4. The Bertz CT molecular complexity index is 1710. The minimum atomic E-state index is -1.26. The van der Waals surface area contributed by atoms with Crippen molar-refractivity contribution in [2.24, 2.45) is 5.41 Å². The minimum Gasteiger partial charge on any atom is -1.00 e. The van der Waals surface area contributed by atoms with Crippen LogP contribution >= 0.6 is 0 Å². The smallest absolute Gasteiger partial charge is 1.00 e. The Morgan fingerprint density at radius 3 is 1.98 bits per heavy atom. The topological polar surface area (TPSA) is 0 Å². The molecule has 3 aliphatic rings. The summed E-state index contributed by atoms with van der Waals surface area (Å²) in [6.45, 7) is 12.0. The van der Waals surface area contributed by atoms with Crippen molar-refractivity contribution in [1.82, 2.24) is 0 Å². The number of halogens is 2. The number of allylic oxidation sites excluding steroid dienone is 8. The molecular weight excluding hydrogens is 619 g/mol. The van der Waals surface area contributed by atoms with Crippen LogP contribution in [0.2, 0.25) is 0 Å². The van der Waals surface area contributed by atoms with Gasteiger partial charge in [0.2, 0.25) is 0 Å². The molecule has 0 saturated carbocycles. The van der Waals surface area contributed by atoms with Gasteiger partial charge < -0.3 is 24.8 Å². The van der Waals surface area contributed by atoms with Gasteiger partial charge in [-0.3, -0.25) is 0 Å². The maximum Gasteiger partial charge on any atom is -1.00 e. The monoisotopic (exact) mass is 653 g/mol. The largest absolute Gasteiger partial charge is 1.00 e. The van der Waals surface area contributed by atoms with Crippen molar-refractivity contribution in [3.8, 4) is 0 Å². The van der Waals surface area contributed by atoms with Gasteiger partial charge in [0.25, 0.3) is 0 Å². The molecule has 6 rings (SSSR count). The number of benzene rings is 3. The van der Waals surface area contributed by atoms with E-state index in [1.165, 1.54) is 43.8 Å². The molecule has 3 heteroatoms. The number of rotatable bonds is 6. The van der Waals surface area contributed by atoms with Gasteiger partial charge in [0, 0.05) is 0 Å². The number of hydrogen-bond acceptors (Lipinski definition) is 0. The molecule has 1 atom stereocenters. The van der Waals surface area contributed by atoms with E-state index in [-0.39, 0.29) is 30.2 Å². The third kappa shape index (κ3) is 5.36. The Labute approximate surface area is 269 Å². The van der Waals surface area contributed by atoms with Crippen molar-refractivity contribution in [2.75, 3.05) is 0 Å². The zero-order chi connectivity index (χ0) is 27.1. The van der Waals surface area contributed by atoms with Gasteiger partial charge >= 0.3 is 246 Å². The van der Waals surface area contributed by atoms with Gasteiger partial charge in [-0.2, -0.15) is 0 Å². The van der Waals surface area contributed by atoms with E-state index >= 15 is 0 Å². The molecule has 0 bridgehead atoms. The van der Waals surface area contributed by atoms with Gasteiger partial charge in [-0.15, -0.1) is 0 Å². The van der Waals surface area contributed by atoms with Crippen molar-refractivity contribution < 1.29 is 47.6 Å². The van der Waals surface area contributed by atoms with E-state index in [1.807, 2.05) is 0 Å². The molecule has 0 radical (unpaired) electrons. The average molecular weight is 656 g/mol. The quantitative estimate of drug-likeness (QED) is 0.381. The SMILES string of the molecule is CCc1ccc2c(c1)=[C]([Zr+2]=[C](c1ccccc1)c1ccccc1)C1=C(C3=CC=CC3)C(C)(CC)C(C)=C(C)C=21.[Cl-].[Cl-].